The molecule has 0 spiro atoms. The Bertz CT molecular complexity index is 1600. The Morgan fingerprint density at radius 1 is 0.971 bits per heavy atom. The average Bonchev–Trinajstić information content (AvgIpc) is 3.37. The van der Waals surface area contributed by atoms with Crippen molar-refractivity contribution in [3.63, 3.8) is 0 Å². The van der Waals surface area contributed by atoms with Gasteiger partial charge in [-0.2, -0.15) is 13.2 Å². The molecule has 2 aromatic carbocycles. The number of pyridine rings is 1. The third kappa shape index (κ3) is 4.10. The Hall–Kier alpha value is -3.59. The first-order valence-corrected chi connectivity index (χ1v) is 11.9. The van der Waals surface area contributed by atoms with E-state index in [2.05, 4.69) is 10.2 Å². The number of nitrogens with zero attached hydrogens (tertiary/aromatic N) is 4. The highest BCUT2D eigenvalue weighted by Gasteiger charge is 2.31. The molecule has 0 N–H and O–H groups in total. The molecule has 3 aromatic heterocycles. The molecule has 3 heterocycles. The lowest BCUT2D eigenvalue weighted by Crippen LogP contribution is -2.08. The van der Waals surface area contributed by atoms with Gasteiger partial charge in [0.25, 0.3) is 0 Å². The van der Waals surface area contributed by atoms with Gasteiger partial charge in [-0.15, -0.1) is 10.2 Å². The van der Waals surface area contributed by atoms with Crippen molar-refractivity contribution in [3.8, 4) is 5.69 Å². The maximum absolute atomic E-state index is 13.2. The molecule has 0 aliphatic heterocycles. The zero-order valence-corrected chi connectivity index (χ0v) is 20.0. The van der Waals surface area contributed by atoms with Gasteiger partial charge in [-0.05, 0) is 62.7 Å². The van der Waals surface area contributed by atoms with Crippen LogP contribution in [-0.4, -0.2) is 30.7 Å². The lowest BCUT2D eigenvalue weighted by Gasteiger charge is -2.13. The third-order valence-corrected chi connectivity index (χ3v) is 7.00. The van der Waals surface area contributed by atoms with Crippen LogP contribution in [-0.2, 0) is 6.18 Å². The number of ketones is 1. The van der Waals surface area contributed by atoms with E-state index in [9.17, 15) is 18.0 Å². The summed E-state index contributed by atoms with van der Waals surface area (Å²) in [5.41, 5.74) is 4.16. The van der Waals surface area contributed by atoms with Crippen LogP contribution in [0.3, 0.4) is 0 Å². The van der Waals surface area contributed by atoms with Gasteiger partial charge in [0.2, 0.25) is 0 Å². The van der Waals surface area contributed by atoms with Gasteiger partial charge in [-0.25, -0.2) is 0 Å². The van der Waals surface area contributed by atoms with Crippen LogP contribution in [0.2, 0.25) is 0 Å². The van der Waals surface area contributed by atoms with E-state index in [1.54, 1.807) is 30.5 Å². The number of fused-ring (bicyclic) bond motifs is 3. The zero-order valence-electron chi connectivity index (χ0n) is 19.2. The number of aryl methyl sites for hydroxylation is 2. The number of carbonyl (C=O) groups excluding carboxylic acids is 1. The van der Waals surface area contributed by atoms with Crippen molar-refractivity contribution in [1.29, 1.82) is 0 Å². The van der Waals surface area contributed by atoms with E-state index in [4.69, 9.17) is 0 Å². The van der Waals surface area contributed by atoms with Crippen molar-refractivity contribution in [2.75, 3.05) is 5.75 Å². The van der Waals surface area contributed by atoms with Crippen molar-refractivity contribution >= 4 is 34.1 Å². The van der Waals surface area contributed by atoms with Crippen LogP contribution < -0.4 is 0 Å². The van der Waals surface area contributed by atoms with Gasteiger partial charge in [0, 0.05) is 28.0 Å². The molecule has 0 atom stereocenters. The fraction of sp³-hybridized carbons (Fsp3) is 0.192. The van der Waals surface area contributed by atoms with Crippen LogP contribution in [0.1, 0.15) is 32.9 Å². The molecule has 0 saturated carbocycles. The molecule has 178 valence electrons. The summed E-state index contributed by atoms with van der Waals surface area (Å²) in [6, 6.07) is 16.7. The molecule has 5 aromatic rings. The monoisotopic (exact) mass is 494 g/mol. The summed E-state index contributed by atoms with van der Waals surface area (Å²) < 4.78 is 43.2. The topological polar surface area (TPSA) is 52.2 Å². The predicted molar refractivity (Wildman–Crippen MR) is 131 cm³/mol. The van der Waals surface area contributed by atoms with Gasteiger partial charge >= 0.3 is 6.18 Å². The number of aromatic nitrogens is 4. The molecule has 0 saturated heterocycles. The van der Waals surface area contributed by atoms with E-state index in [1.165, 1.54) is 17.8 Å². The number of rotatable bonds is 5. The Labute approximate surface area is 203 Å². The van der Waals surface area contributed by atoms with Crippen LogP contribution in [0.25, 0.3) is 22.2 Å². The fourth-order valence-corrected chi connectivity index (χ4v) is 5.28. The van der Waals surface area contributed by atoms with Crippen LogP contribution in [0.5, 0.6) is 0 Å². The number of halogens is 3. The number of hydrogen-bond donors (Lipinski definition) is 0. The summed E-state index contributed by atoms with van der Waals surface area (Å²) in [4.78, 5) is 13.2. The minimum Gasteiger partial charge on any atom is -0.318 e. The van der Waals surface area contributed by atoms with Gasteiger partial charge in [0.05, 0.1) is 16.8 Å². The predicted octanol–water partition coefficient (Wildman–Crippen LogP) is 6.59. The maximum Gasteiger partial charge on any atom is 0.416 e. The molecule has 0 fully saturated rings. The van der Waals surface area contributed by atoms with E-state index in [-0.39, 0.29) is 11.5 Å². The minimum absolute atomic E-state index is 0.121. The molecule has 0 aliphatic carbocycles. The van der Waals surface area contributed by atoms with Gasteiger partial charge in [0.15, 0.2) is 16.6 Å². The normalized spacial score (nSPS) is 12.1. The second kappa shape index (κ2) is 8.57. The first-order chi connectivity index (χ1) is 16.6. The maximum atomic E-state index is 13.2. The summed E-state index contributed by atoms with van der Waals surface area (Å²) in [6.07, 6.45) is -4.44. The van der Waals surface area contributed by atoms with Crippen molar-refractivity contribution in [1.82, 2.24) is 19.2 Å². The number of Topliss-reactive ketones (excluding diaryl/α,β-unsaturated/α-hetero) is 1. The Balaban J connectivity index is 1.44. The zero-order chi connectivity index (χ0) is 24.9. The highest BCUT2D eigenvalue weighted by Crippen LogP contribution is 2.32. The molecule has 0 bridgehead atoms. The second-order valence-electron chi connectivity index (χ2n) is 8.40. The number of benzene rings is 2. The molecular formula is C26H21F3N4OS. The van der Waals surface area contributed by atoms with Gasteiger partial charge in [0.1, 0.15) is 0 Å². The molecule has 5 rings (SSSR count). The van der Waals surface area contributed by atoms with Crippen LogP contribution in [0.15, 0.2) is 65.8 Å². The standard InChI is InChI=1S/C26H21F3N4OS/c1-15-11-24-30-31-25(33(24)22-10-5-4-9-20(15)22)35-14-23(34)21-12-16(2)32(17(21)3)19-8-6-7-18(13-19)26(27,28)29/h4-13H,14H2,1-3H3. The molecule has 9 heteroatoms. The van der Waals surface area contributed by atoms with Crippen molar-refractivity contribution in [2.45, 2.75) is 32.1 Å². The molecule has 0 radical (unpaired) electrons. The highest BCUT2D eigenvalue weighted by atomic mass is 32.2. The van der Waals surface area contributed by atoms with Crippen molar-refractivity contribution < 1.29 is 18.0 Å². The van der Waals surface area contributed by atoms with Gasteiger partial charge in [-0.3, -0.25) is 9.20 Å². The smallest absolute Gasteiger partial charge is 0.318 e. The molecule has 35 heavy (non-hydrogen) atoms. The number of thioether (sulfide) groups is 1. The Morgan fingerprint density at radius 2 is 1.74 bits per heavy atom. The number of alkyl halides is 3. The van der Waals surface area contributed by atoms with Crippen LogP contribution in [0, 0.1) is 20.8 Å². The molecule has 0 unspecified atom stereocenters. The highest BCUT2D eigenvalue weighted by molar-refractivity contribution is 7.99. The lowest BCUT2D eigenvalue weighted by atomic mass is 10.1. The second-order valence-corrected chi connectivity index (χ2v) is 9.34. The van der Waals surface area contributed by atoms with E-state index in [0.29, 0.717) is 33.4 Å². The summed E-state index contributed by atoms with van der Waals surface area (Å²) in [5, 5.41) is 10.2. The molecular weight excluding hydrogens is 473 g/mol. The summed E-state index contributed by atoms with van der Waals surface area (Å²) in [6.45, 7) is 5.54. The Morgan fingerprint density at radius 3 is 2.51 bits per heavy atom. The SMILES string of the molecule is Cc1cc2nnc(SCC(=O)c3cc(C)n(-c4cccc(C(F)(F)F)c4)c3C)n2c2ccccc12. The first-order valence-electron chi connectivity index (χ1n) is 10.9. The summed E-state index contributed by atoms with van der Waals surface area (Å²) >= 11 is 1.29. The third-order valence-electron chi connectivity index (χ3n) is 6.07. The van der Waals surface area contributed by atoms with Gasteiger partial charge < -0.3 is 4.57 Å². The average molecular weight is 495 g/mol. The van der Waals surface area contributed by atoms with Crippen molar-refractivity contribution in [2.24, 2.45) is 0 Å². The summed E-state index contributed by atoms with van der Waals surface area (Å²) in [7, 11) is 0. The van der Waals surface area contributed by atoms with E-state index >= 15 is 0 Å². The number of para-hydroxylation sites is 1. The largest absolute Gasteiger partial charge is 0.416 e. The van der Waals surface area contributed by atoms with E-state index < -0.39 is 11.7 Å². The van der Waals surface area contributed by atoms with Crippen LogP contribution in [0.4, 0.5) is 13.2 Å². The Kier molecular flexibility index (Phi) is 5.67. The molecule has 0 amide bonds. The van der Waals surface area contributed by atoms with Gasteiger partial charge in [-0.1, -0.05) is 36.0 Å². The first kappa shape index (κ1) is 23.2. The number of hydrogen-bond acceptors (Lipinski definition) is 4. The number of carbonyl (C=O) groups is 1. The quantitative estimate of drug-likeness (QED) is 0.204. The molecule has 0 aliphatic rings. The fourth-order valence-electron chi connectivity index (χ4n) is 4.44. The molecule has 5 nitrogen and oxygen atoms in total. The van der Waals surface area contributed by atoms with E-state index in [0.717, 1.165) is 28.6 Å². The summed E-state index contributed by atoms with van der Waals surface area (Å²) in [5.74, 6) is -0.00919. The van der Waals surface area contributed by atoms with Crippen molar-refractivity contribution in [3.05, 3.63) is 88.7 Å². The van der Waals surface area contributed by atoms with Crippen LogP contribution >= 0.6 is 11.8 Å². The lowest BCUT2D eigenvalue weighted by molar-refractivity contribution is -0.137. The van der Waals surface area contributed by atoms with E-state index in [1.807, 2.05) is 41.7 Å². The minimum atomic E-state index is -4.44.